The molecule has 1 aliphatic rings. The maximum absolute atomic E-state index is 13.2. The molecule has 0 saturated carbocycles. The highest BCUT2D eigenvalue weighted by atomic mass is 16.7. The molecule has 0 bridgehead atoms. The number of hydrogen-bond acceptors (Lipinski definition) is 10. The number of amides is 1. The molecule has 9 unspecified atom stereocenters. The van der Waals surface area contributed by atoms with Crippen molar-refractivity contribution in [2.24, 2.45) is 0 Å². The Morgan fingerprint density at radius 2 is 0.773 bits per heavy atom. The molecular formula is C64H125NO10. The zero-order chi connectivity index (χ0) is 54.7. The smallest absolute Gasteiger partial charge is 0.249 e. The number of allylic oxidation sites excluding steroid dienone is 2. The van der Waals surface area contributed by atoms with Crippen LogP contribution in [-0.4, -0.2) is 110 Å². The molecule has 1 heterocycles. The average Bonchev–Trinajstić information content (AvgIpc) is 3.41. The first-order chi connectivity index (χ1) is 36.7. The lowest BCUT2D eigenvalue weighted by molar-refractivity contribution is -0.303. The summed E-state index contributed by atoms with van der Waals surface area (Å²) in [5.41, 5.74) is 0. The van der Waals surface area contributed by atoms with Gasteiger partial charge in [-0.2, -0.15) is 0 Å². The van der Waals surface area contributed by atoms with Crippen molar-refractivity contribution >= 4 is 5.91 Å². The summed E-state index contributed by atoms with van der Waals surface area (Å²) in [7, 11) is 0. The number of carbonyl (C=O) groups excluding carboxylic acids is 1. The van der Waals surface area contributed by atoms with Gasteiger partial charge in [0.05, 0.1) is 25.4 Å². The van der Waals surface area contributed by atoms with Gasteiger partial charge in [-0.3, -0.25) is 4.79 Å². The standard InChI is InChI=1S/C64H125NO10/c1-3-5-7-9-11-13-15-17-19-21-23-25-26-27-28-29-30-31-32-34-36-38-40-42-44-46-48-50-52-57(68)63(73)65-55(54-74-64-62(72)61(71)60(70)58(53-66)75-64)59(69)56(67)51-49-47-45-43-41-39-37-35-33-24-22-20-18-16-14-12-10-8-6-4-2/h27-28,55-62,64,66-72H,3-26,29-54H2,1-2H3,(H,65,73)/b28-27-. The summed E-state index contributed by atoms with van der Waals surface area (Å²) >= 11 is 0. The molecule has 75 heavy (non-hydrogen) atoms. The summed E-state index contributed by atoms with van der Waals surface area (Å²) in [5.74, 6) is -0.691. The van der Waals surface area contributed by atoms with Crippen molar-refractivity contribution in [3.63, 3.8) is 0 Å². The van der Waals surface area contributed by atoms with Crippen molar-refractivity contribution in [1.82, 2.24) is 5.32 Å². The number of hydrogen-bond donors (Lipinski definition) is 8. The van der Waals surface area contributed by atoms with Gasteiger partial charge in [0.2, 0.25) is 5.91 Å². The van der Waals surface area contributed by atoms with E-state index in [1.54, 1.807) is 0 Å². The lowest BCUT2D eigenvalue weighted by atomic mass is 9.98. The molecule has 0 aromatic heterocycles. The Morgan fingerprint density at radius 3 is 1.12 bits per heavy atom. The molecule has 1 saturated heterocycles. The summed E-state index contributed by atoms with van der Waals surface area (Å²) in [6.07, 6.45) is 52.7. The van der Waals surface area contributed by atoms with Crippen LogP contribution in [0.4, 0.5) is 0 Å². The van der Waals surface area contributed by atoms with E-state index in [2.05, 4.69) is 31.3 Å². The van der Waals surface area contributed by atoms with Gasteiger partial charge >= 0.3 is 0 Å². The van der Waals surface area contributed by atoms with E-state index in [-0.39, 0.29) is 6.42 Å². The Bertz CT molecular complexity index is 1220. The topological polar surface area (TPSA) is 189 Å². The van der Waals surface area contributed by atoms with E-state index in [0.29, 0.717) is 19.3 Å². The molecule has 0 spiro atoms. The minimum Gasteiger partial charge on any atom is -0.394 e. The highest BCUT2D eigenvalue weighted by Gasteiger charge is 2.44. The summed E-state index contributed by atoms with van der Waals surface area (Å²) in [6, 6.07) is -1.17. The monoisotopic (exact) mass is 1070 g/mol. The third-order valence-electron chi connectivity index (χ3n) is 16.1. The van der Waals surface area contributed by atoms with E-state index in [4.69, 9.17) is 9.47 Å². The number of aliphatic hydroxyl groups is 7. The van der Waals surface area contributed by atoms with Gasteiger partial charge in [0.25, 0.3) is 0 Å². The van der Waals surface area contributed by atoms with E-state index in [0.717, 1.165) is 38.5 Å². The third-order valence-corrected chi connectivity index (χ3v) is 16.1. The predicted octanol–water partition coefficient (Wildman–Crippen LogP) is 14.7. The largest absolute Gasteiger partial charge is 0.394 e. The van der Waals surface area contributed by atoms with E-state index in [1.165, 1.54) is 244 Å². The van der Waals surface area contributed by atoms with Gasteiger partial charge in [-0.25, -0.2) is 0 Å². The molecule has 1 fully saturated rings. The summed E-state index contributed by atoms with van der Waals surface area (Å²) < 4.78 is 11.2. The quantitative estimate of drug-likeness (QED) is 0.0215. The van der Waals surface area contributed by atoms with Gasteiger partial charge in [0, 0.05) is 0 Å². The molecule has 0 aromatic carbocycles. The van der Waals surface area contributed by atoms with Crippen LogP contribution in [0.1, 0.15) is 322 Å². The van der Waals surface area contributed by atoms with Crippen LogP contribution in [0.15, 0.2) is 12.2 Å². The van der Waals surface area contributed by atoms with E-state index in [1.807, 2.05) is 0 Å². The fourth-order valence-corrected chi connectivity index (χ4v) is 10.8. The van der Waals surface area contributed by atoms with E-state index in [9.17, 15) is 40.5 Å². The van der Waals surface area contributed by atoms with Gasteiger partial charge in [-0.1, -0.05) is 296 Å². The molecule has 1 aliphatic heterocycles. The molecule has 11 heteroatoms. The first kappa shape index (κ1) is 71.9. The molecule has 0 aromatic rings. The molecule has 1 rings (SSSR count). The molecule has 446 valence electrons. The zero-order valence-corrected chi connectivity index (χ0v) is 49.1. The lowest BCUT2D eigenvalue weighted by Gasteiger charge is -2.40. The maximum atomic E-state index is 13.2. The molecule has 11 nitrogen and oxygen atoms in total. The van der Waals surface area contributed by atoms with Crippen molar-refractivity contribution in [2.45, 2.75) is 377 Å². The highest BCUT2D eigenvalue weighted by molar-refractivity contribution is 5.80. The van der Waals surface area contributed by atoms with Crippen LogP contribution in [0.25, 0.3) is 0 Å². The summed E-state index contributed by atoms with van der Waals surface area (Å²) in [6.45, 7) is 3.51. The number of aliphatic hydroxyl groups excluding tert-OH is 7. The van der Waals surface area contributed by atoms with Crippen molar-refractivity contribution in [1.29, 1.82) is 0 Å². The minimum absolute atomic E-state index is 0.263. The second-order valence-electron chi connectivity index (χ2n) is 23.2. The normalized spacial score (nSPS) is 19.7. The van der Waals surface area contributed by atoms with Gasteiger partial charge in [-0.05, 0) is 38.5 Å². The summed E-state index contributed by atoms with van der Waals surface area (Å²) in [5, 5.41) is 76.4. The number of nitrogens with one attached hydrogen (secondary N) is 1. The highest BCUT2D eigenvalue weighted by Crippen LogP contribution is 2.24. The second kappa shape index (κ2) is 53.5. The van der Waals surface area contributed by atoms with Crippen LogP contribution in [0.3, 0.4) is 0 Å². The molecule has 1 amide bonds. The molecule has 0 aliphatic carbocycles. The SMILES string of the molecule is CCCCCCCCCCCCCC/C=C\CCCCCCCCCCCCCCC(O)C(=O)NC(COC1OC(CO)C(O)C(O)C1O)C(O)C(O)CCCCCCCCCCCCCCCCCCCCCC. The van der Waals surface area contributed by atoms with Gasteiger partial charge < -0.3 is 50.5 Å². The maximum Gasteiger partial charge on any atom is 0.249 e. The van der Waals surface area contributed by atoms with Crippen molar-refractivity contribution in [3.8, 4) is 0 Å². The molecule has 8 N–H and O–H groups in total. The predicted molar refractivity (Wildman–Crippen MR) is 312 cm³/mol. The Hall–Kier alpha value is -1.15. The first-order valence-corrected chi connectivity index (χ1v) is 32.6. The molecule has 9 atom stereocenters. The first-order valence-electron chi connectivity index (χ1n) is 32.6. The third kappa shape index (κ3) is 41.5. The van der Waals surface area contributed by atoms with Crippen molar-refractivity contribution in [3.05, 3.63) is 12.2 Å². The fourth-order valence-electron chi connectivity index (χ4n) is 10.8. The Labute approximate surface area is 462 Å². The zero-order valence-electron chi connectivity index (χ0n) is 49.1. The fraction of sp³-hybridized carbons (Fsp3) is 0.953. The molecular weight excluding hydrogens is 943 g/mol. The van der Waals surface area contributed by atoms with Crippen molar-refractivity contribution in [2.75, 3.05) is 13.2 Å². The number of carbonyl (C=O) groups is 1. The van der Waals surface area contributed by atoms with Gasteiger partial charge in [0.1, 0.15) is 36.6 Å². The van der Waals surface area contributed by atoms with E-state index >= 15 is 0 Å². The average molecular weight is 1070 g/mol. The molecule has 0 radical (unpaired) electrons. The van der Waals surface area contributed by atoms with Crippen LogP contribution < -0.4 is 5.32 Å². The number of rotatable bonds is 57. The van der Waals surface area contributed by atoms with Crippen LogP contribution in [0.5, 0.6) is 0 Å². The van der Waals surface area contributed by atoms with Crippen LogP contribution in [-0.2, 0) is 14.3 Å². The van der Waals surface area contributed by atoms with E-state index < -0.39 is 74.2 Å². The Morgan fingerprint density at radius 1 is 0.453 bits per heavy atom. The van der Waals surface area contributed by atoms with Crippen molar-refractivity contribution < 1.29 is 50.0 Å². The Kier molecular flexibility index (Phi) is 51.3. The van der Waals surface area contributed by atoms with Gasteiger partial charge in [0.15, 0.2) is 6.29 Å². The minimum atomic E-state index is -1.66. The summed E-state index contributed by atoms with van der Waals surface area (Å²) in [4.78, 5) is 13.2. The lowest BCUT2D eigenvalue weighted by Crippen LogP contribution is -2.60. The number of ether oxygens (including phenoxy) is 2. The van der Waals surface area contributed by atoms with Crippen LogP contribution >= 0.6 is 0 Å². The van der Waals surface area contributed by atoms with Crippen LogP contribution in [0, 0.1) is 0 Å². The Balaban J connectivity index is 2.23. The second-order valence-corrected chi connectivity index (χ2v) is 23.2. The van der Waals surface area contributed by atoms with Crippen LogP contribution in [0.2, 0.25) is 0 Å². The van der Waals surface area contributed by atoms with Gasteiger partial charge in [-0.15, -0.1) is 0 Å². The number of unbranched alkanes of at least 4 members (excludes halogenated alkanes) is 43.